The van der Waals surface area contributed by atoms with Crippen LogP contribution in [0.15, 0.2) is 12.1 Å². The topological polar surface area (TPSA) is 107 Å². The van der Waals surface area contributed by atoms with E-state index in [1.807, 2.05) is 0 Å². The van der Waals surface area contributed by atoms with Gasteiger partial charge in [0.25, 0.3) is 5.69 Å². The Hall–Kier alpha value is -2.58. The van der Waals surface area contributed by atoms with Gasteiger partial charge in [0.1, 0.15) is 5.75 Å². The third-order valence-electron chi connectivity index (χ3n) is 2.10. The first-order valence-corrected chi connectivity index (χ1v) is 4.78. The number of nitrogens with zero attached hydrogens (tertiary/aromatic N) is 1. The average Bonchev–Trinajstić information content (AvgIpc) is 2.26. The number of hydrogen-bond acceptors (Lipinski definition) is 5. The SMILES string of the molecule is O=Cc1c(CC(=O)O)cc([N+](=O)[O-])cc1OC(F)F. The summed E-state index contributed by atoms with van der Waals surface area (Å²) in [6.45, 7) is -3.29. The lowest BCUT2D eigenvalue weighted by Crippen LogP contribution is -2.09. The first kappa shape index (κ1) is 14.5. The summed E-state index contributed by atoms with van der Waals surface area (Å²) in [5.41, 5.74) is -1.36. The maximum Gasteiger partial charge on any atom is 0.387 e. The largest absolute Gasteiger partial charge is 0.481 e. The number of ether oxygens (including phenoxy) is 1. The van der Waals surface area contributed by atoms with Crippen LogP contribution in [0.5, 0.6) is 5.75 Å². The van der Waals surface area contributed by atoms with Crippen LogP contribution in [0.4, 0.5) is 14.5 Å². The van der Waals surface area contributed by atoms with Crippen LogP contribution in [0.1, 0.15) is 15.9 Å². The molecule has 102 valence electrons. The Labute approximate surface area is 104 Å². The minimum Gasteiger partial charge on any atom is -0.481 e. The van der Waals surface area contributed by atoms with Crippen LogP contribution in [-0.4, -0.2) is 28.9 Å². The first-order valence-electron chi connectivity index (χ1n) is 4.78. The number of benzene rings is 1. The summed E-state index contributed by atoms with van der Waals surface area (Å²) in [5.74, 6) is -2.10. The van der Waals surface area contributed by atoms with Gasteiger partial charge in [0.05, 0.1) is 23.0 Å². The summed E-state index contributed by atoms with van der Waals surface area (Å²) in [7, 11) is 0. The molecule has 7 nitrogen and oxygen atoms in total. The molecule has 0 heterocycles. The molecule has 0 saturated carbocycles. The first-order chi connectivity index (χ1) is 8.85. The van der Waals surface area contributed by atoms with Crippen molar-refractivity contribution in [2.45, 2.75) is 13.0 Å². The van der Waals surface area contributed by atoms with E-state index in [1.165, 1.54) is 0 Å². The van der Waals surface area contributed by atoms with Crippen molar-refractivity contribution in [2.75, 3.05) is 0 Å². The molecule has 0 aromatic heterocycles. The van der Waals surface area contributed by atoms with E-state index in [2.05, 4.69) is 4.74 Å². The number of alkyl halides is 2. The summed E-state index contributed by atoms with van der Waals surface area (Å²) in [5, 5.41) is 19.2. The van der Waals surface area contributed by atoms with Crippen molar-refractivity contribution in [3.63, 3.8) is 0 Å². The highest BCUT2D eigenvalue weighted by Gasteiger charge is 2.21. The number of nitro groups is 1. The second kappa shape index (κ2) is 5.85. The van der Waals surface area contributed by atoms with Gasteiger partial charge < -0.3 is 9.84 Å². The molecule has 1 aromatic rings. The van der Waals surface area contributed by atoms with Crippen molar-refractivity contribution in [3.05, 3.63) is 33.4 Å². The van der Waals surface area contributed by atoms with Crippen molar-refractivity contribution >= 4 is 17.9 Å². The standard InChI is InChI=1S/C10H7F2NO6/c11-10(12)19-8-3-6(13(17)18)1-5(2-9(15)16)7(8)4-14/h1,3-4,10H,2H2,(H,15,16). The quantitative estimate of drug-likeness (QED) is 0.480. The predicted octanol–water partition coefficient (Wildman–Crippen LogP) is 1.64. The van der Waals surface area contributed by atoms with E-state index in [-0.39, 0.29) is 11.8 Å². The van der Waals surface area contributed by atoms with E-state index in [1.54, 1.807) is 0 Å². The molecule has 0 radical (unpaired) electrons. The fourth-order valence-electron chi connectivity index (χ4n) is 1.41. The van der Waals surface area contributed by atoms with Crippen molar-refractivity contribution in [1.29, 1.82) is 0 Å². The molecule has 1 aromatic carbocycles. The minimum absolute atomic E-state index is 0.111. The summed E-state index contributed by atoms with van der Waals surface area (Å²) < 4.78 is 28.3. The molecule has 0 bridgehead atoms. The Morgan fingerprint density at radius 3 is 2.58 bits per heavy atom. The highest BCUT2D eigenvalue weighted by molar-refractivity contribution is 5.85. The van der Waals surface area contributed by atoms with Gasteiger partial charge in [-0.1, -0.05) is 0 Å². The summed E-state index contributed by atoms with van der Waals surface area (Å²) in [6, 6.07) is 1.47. The lowest BCUT2D eigenvalue weighted by atomic mass is 10.0. The summed E-state index contributed by atoms with van der Waals surface area (Å²) in [4.78, 5) is 31.1. The number of aldehydes is 1. The Kier molecular flexibility index (Phi) is 4.46. The van der Waals surface area contributed by atoms with E-state index in [9.17, 15) is 28.5 Å². The molecule has 0 spiro atoms. The molecule has 0 aliphatic heterocycles. The maximum atomic E-state index is 12.1. The molecule has 0 atom stereocenters. The monoisotopic (exact) mass is 275 g/mol. The van der Waals surface area contributed by atoms with Crippen LogP contribution in [0.3, 0.4) is 0 Å². The number of non-ortho nitro benzene ring substituents is 1. The third-order valence-corrected chi connectivity index (χ3v) is 2.10. The normalized spacial score (nSPS) is 10.3. The molecular formula is C10H7F2NO6. The third kappa shape index (κ3) is 3.69. The second-order valence-electron chi connectivity index (χ2n) is 3.34. The van der Waals surface area contributed by atoms with Gasteiger partial charge in [-0.2, -0.15) is 8.78 Å². The summed E-state index contributed by atoms with van der Waals surface area (Å²) >= 11 is 0. The Bertz CT molecular complexity index is 531. The van der Waals surface area contributed by atoms with Gasteiger partial charge in [0, 0.05) is 6.07 Å². The van der Waals surface area contributed by atoms with Gasteiger partial charge in [-0.05, 0) is 5.56 Å². The smallest absolute Gasteiger partial charge is 0.387 e. The molecule has 0 unspecified atom stereocenters. The van der Waals surface area contributed by atoms with Gasteiger partial charge in [-0.15, -0.1) is 0 Å². The van der Waals surface area contributed by atoms with Crippen LogP contribution in [-0.2, 0) is 11.2 Å². The number of carboxylic acid groups (broad SMARTS) is 1. The Morgan fingerprint density at radius 2 is 2.16 bits per heavy atom. The molecule has 0 saturated heterocycles. The molecule has 0 aliphatic carbocycles. The van der Waals surface area contributed by atoms with E-state index in [0.29, 0.717) is 6.07 Å². The van der Waals surface area contributed by atoms with Crippen molar-refractivity contribution in [2.24, 2.45) is 0 Å². The van der Waals surface area contributed by atoms with E-state index < -0.39 is 40.9 Å². The number of rotatable bonds is 6. The Balaban J connectivity index is 3.41. The highest BCUT2D eigenvalue weighted by atomic mass is 19.3. The molecule has 0 fully saturated rings. The van der Waals surface area contributed by atoms with E-state index >= 15 is 0 Å². The molecule has 0 aliphatic rings. The molecule has 1 rings (SSSR count). The second-order valence-corrected chi connectivity index (χ2v) is 3.34. The fraction of sp³-hybridized carbons (Fsp3) is 0.200. The number of nitro benzene ring substituents is 1. The molecule has 0 amide bonds. The average molecular weight is 275 g/mol. The number of carbonyl (C=O) groups excluding carboxylic acids is 1. The van der Waals surface area contributed by atoms with Crippen LogP contribution >= 0.6 is 0 Å². The zero-order chi connectivity index (χ0) is 14.6. The predicted molar refractivity (Wildman–Crippen MR) is 56.5 cm³/mol. The number of halogens is 2. The highest BCUT2D eigenvalue weighted by Crippen LogP contribution is 2.29. The van der Waals surface area contributed by atoms with E-state index in [0.717, 1.165) is 6.07 Å². The van der Waals surface area contributed by atoms with Crippen molar-refractivity contribution < 1.29 is 33.1 Å². The molecule has 19 heavy (non-hydrogen) atoms. The van der Waals surface area contributed by atoms with Crippen molar-refractivity contribution in [1.82, 2.24) is 0 Å². The van der Waals surface area contributed by atoms with Crippen molar-refractivity contribution in [3.8, 4) is 5.75 Å². The fourth-order valence-corrected chi connectivity index (χ4v) is 1.41. The van der Waals surface area contributed by atoms with Crippen LogP contribution in [0, 0.1) is 10.1 Å². The molecular weight excluding hydrogens is 268 g/mol. The van der Waals surface area contributed by atoms with Crippen LogP contribution in [0.25, 0.3) is 0 Å². The van der Waals surface area contributed by atoms with Gasteiger partial charge >= 0.3 is 12.6 Å². The minimum atomic E-state index is -3.29. The van der Waals surface area contributed by atoms with Gasteiger partial charge in [0.2, 0.25) is 0 Å². The van der Waals surface area contributed by atoms with Crippen LogP contribution in [0.2, 0.25) is 0 Å². The zero-order valence-corrected chi connectivity index (χ0v) is 9.21. The van der Waals surface area contributed by atoms with Crippen LogP contribution < -0.4 is 4.74 Å². The zero-order valence-electron chi connectivity index (χ0n) is 9.21. The van der Waals surface area contributed by atoms with E-state index in [4.69, 9.17) is 5.11 Å². The molecule has 9 heteroatoms. The lowest BCUT2D eigenvalue weighted by molar-refractivity contribution is -0.385. The Morgan fingerprint density at radius 1 is 1.53 bits per heavy atom. The van der Waals surface area contributed by atoms with Gasteiger partial charge in [-0.3, -0.25) is 19.7 Å². The number of carbonyl (C=O) groups is 2. The molecule has 1 N–H and O–H groups in total. The van der Waals surface area contributed by atoms with Gasteiger partial charge in [0.15, 0.2) is 6.29 Å². The number of carboxylic acids is 1. The van der Waals surface area contributed by atoms with Gasteiger partial charge in [-0.25, -0.2) is 0 Å². The lowest BCUT2D eigenvalue weighted by Gasteiger charge is -2.10. The number of hydrogen-bond donors (Lipinski definition) is 1. The maximum absolute atomic E-state index is 12.1. The number of aliphatic carboxylic acids is 1. The summed E-state index contributed by atoms with van der Waals surface area (Å²) in [6.07, 6.45) is -0.616.